The van der Waals surface area contributed by atoms with E-state index in [1.54, 1.807) is 0 Å². The van der Waals surface area contributed by atoms with Gasteiger partial charge in [0.15, 0.2) is 0 Å². The van der Waals surface area contributed by atoms with Gasteiger partial charge in [-0.3, -0.25) is 0 Å². The van der Waals surface area contributed by atoms with Crippen molar-refractivity contribution in [1.29, 1.82) is 0 Å². The molecule has 0 aromatic carbocycles. The Bertz CT molecular complexity index is 290. The highest BCUT2D eigenvalue weighted by Crippen LogP contribution is 2.13. The zero-order valence-electron chi connectivity index (χ0n) is 11.5. The zero-order chi connectivity index (χ0) is 14.1. The van der Waals surface area contributed by atoms with Gasteiger partial charge in [-0.2, -0.15) is 0 Å². The molecule has 1 aliphatic heterocycles. The first-order chi connectivity index (χ1) is 9.13. The van der Waals surface area contributed by atoms with E-state index in [2.05, 4.69) is 10.6 Å². The molecular weight excluding hydrogens is 248 g/mol. The fraction of sp³-hybridized carbons (Fsp3) is 0.846. The highest BCUT2D eigenvalue weighted by Gasteiger charge is 2.20. The highest BCUT2D eigenvalue weighted by molar-refractivity contribution is 5.82. The largest absolute Gasteiger partial charge is 0.480 e. The smallest absolute Gasteiger partial charge is 0.326 e. The summed E-state index contributed by atoms with van der Waals surface area (Å²) in [6.07, 6.45) is 4.06. The summed E-state index contributed by atoms with van der Waals surface area (Å²) in [4.78, 5) is 22.6. The second-order valence-corrected chi connectivity index (χ2v) is 4.94. The third-order valence-electron chi connectivity index (χ3n) is 3.34. The van der Waals surface area contributed by atoms with Crippen molar-refractivity contribution in [2.24, 2.45) is 5.92 Å². The van der Waals surface area contributed by atoms with Gasteiger partial charge >= 0.3 is 12.0 Å². The van der Waals surface area contributed by atoms with Crippen LogP contribution in [0.25, 0.3) is 0 Å². The van der Waals surface area contributed by atoms with E-state index in [0.717, 1.165) is 38.9 Å². The maximum atomic E-state index is 11.6. The maximum absolute atomic E-state index is 11.6. The summed E-state index contributed by atoms with van der Waals surface area (Å²) in [7, 11) is 0. The molecule has 19 heavy (non-hydrogen) atoms. The number of carbonyl (C=O) groups is 2. The molecule has 1 heterocycles. The standard InChI is InChI=1S/C13H24N2O4/c1-2-3-4-11(12(16)17)15-13(18)14-9-10-5-7-19-8-6-10/h10-11H,2-9H2,1H3,(H,16,17)(H2,14,15,18). The van der Waals surface area contributed by atoms with Gasteiger partial charge in [-0.25, -0.2) is 9.59 Å². The number of unbranched alkanes of at least 4 members (excludes halogenated alkanes) is 1. The van der Waals surface area contributed by atoms with E-state index in [1.807, 2.05) is 6.92 Å². The Morgan fingerprint density at radius 2 is 2.05 bits per heavy atom. The van der Waals surface area contributed by atoms with Crippen LogP contribution in [0.2, 0.25) is 0 Å². The highest BCUT2D eigenvalue weighted by atomic mass is 16.5. The molecular formula is C13H24N2O4. The van der Waals surface area contributed by atoms with Gasteiger partial charge in [0.25, 0.3) is 0 Å². The molecule has 1 rings (SSSR count). The normalized spacial score (nSPS) is 17.7. The van der Waals surface area contributed by atoms with Crippen molar-refractivity contribution in [3.05, 3.63) is 0 Å². The molecule has 0 aromatic rings. The number of hydrogen-bond donors (Lipinski definition) is 3. The number of hydrogen-bond acceptors (Lipinski definition) is 3. The molecule has 1 fully saturated rings. The second kappa shape index (κ2) is 8.74. The van der Waals surface area contributed by atoms with Crippen LogP contribution in [0.5, 0.6) is 0 Å². The van der Waals surface area contributed by atoms with Crippen LogP contribution >= 0.6 is 0 Å². The van der Waals surface area contributed by atoms with E-state index in [9.17, 15) is 9.59 Å². The molecule has 0 spiro atoms. The quantitative estimate of drug-likeness (QED) is 0.653. The van der Waals surface area contributed by atoms with Crippen LogP contribution in [0.15, 0.2) is 0 Å². The van der Waals surface area contributed by atoms with Gasteiger partial charge in [0.2, 0.25) is 0 Å². The first kappa shape index (κ1) is 15.8. The van der Waals surface area contributed by atoms with Gasteiger partial charge in [-0.1, -0.05) is 19.8 Å². The maximum Gasteiger partial charge on any atom is 0.326 e. The van der Waals surface area contributed by atoms with E-state index in [0.29, 0.717) is 18.9 Å². The predicted octanol–water partition coefficient (Wildman–Crippen LogP) is 1.36. The predicted molar refractivity (Wildman–Crippen MR) is 71.0 cm³/mol. The molecule has 1 unspecified atom stereocenters. The number of rotatable bonds is 7. The molecule has 1 atom stereocenters. The Hall–Kier alpha value is -1.30. The van der Waals surface area contributed by atoms with E-state index in [1.165, 1.54) is 0 Å². The van der Waals surface area contributed by atoms with Crippen LogP contribution < -0.4 is 10.6 Å². The van der Waals surface area contributed by atoms with Crippen molar-refractivity contribution in [3.8, 4) is 0 Å². The van der Waals surface area contributed by atoms with Crippen molar-refractivity contribution < 1.29 is 19.4 Å². The minimum atomic E-state index is -0.977. The Labute approximate surface area is 113 Å². The number of amides is 2. The van der Waals surface area contributed by atoms with E-state index < -0.39 is 18.0 Å². The lowest BCUT2D eigenvalue weighted by Gasteiger charge is -2.22. The summed E-state index contributed by atoms with van der Waals surface area (Å²) in [6, 6.07) is -1.19. The Kier molecular flexibility index (Phi) is 7.25. The van der Waals surface area contributed by atoms with Gasteiger partial charge in [-0.05, 0) is 25.2 Å². The molecule has 1 aliphatic rings. The van der Waals surface area contributed by atoms with Gasteiger partial charge in [0.05, 0.1) is 0 Å². The molecule has 110 valence electrons. The fourth-order valence-corrected chi connectivity index (χ4v) is 2.06. The number of carboxylic acid groups (broad SMARTS) is 1. The van der Waals surface area contributed by atoms with Crippen LogP contribution in [0.3, 0.4) is 0 Å². The summed E-state index contributed by atoms with van der Waals surface area (Å²) in [5.41, 5.74) is 0. The molecule has 0 bridgehead atoms. The fourth-order valence-electron chi connectivity index (χ4n) is 2.06. The zero-order valence-corrected chi connectivity index (χ0v) is 11.5. The average Bonchev–Trinajstić information content (AvgIpc) is 2.42. The average molecular weight is 272 g/mol. The Morgan fingerprint density at radius 1 is 1.37 bits per heavy atom. The van der Waals surface area contributed by atoms with Crippen molar-refractivity contribution in [1.82, 2.24) is 10.6 Å². The van der Waals surface area contributed by atoms with E-state index in [4.69, 9.17) is 9.84 Å². The number of ether oxygens (including phenoxy) is 1. The lowest BCUT2D eigenvalue weighted by atomic mass is 10.0. The van der Waals surface area contributed by atoms with Gasteiger partial charge in [-0.15, -0.1) is 0 Å². The number of carboxylic acids is 1. The summed E-state index contributed by atoms with van der Waals surface area (Å²) in [5.74, 6) is -0.548. The van der Waals surface area contributed by atoms with Crippen LogP contribution in [-0.2, 0) is 9.53 Å². The van der Waals surface area contributed by atoms with Crippen LogP contribution in [0.4, 0.5) is 4.79 Å². The molecule has 2 amide bonds. The molecule has 3 N–H and O–H groups in total. The molecule has 0 aliphatic carbocycles. The summed E-state index contributed by atoms with van der Waals surface area (Å²) < 4.78 is 5.24. The molecule has 6 heteroatoms. The van der Waals surface area contributed by atoms with Gasteiger partial charge in [0.1, 0.15) is 6.04 Å². The van der Waals surface area contributed by atoms with Gasteiger partial charge in [0, 0.05) is 19.8 Å². The molecule has 0 radical (unpaired) electrons. The second-order valence-electron chi connectivity index (χ2n) is 4.94. The topological polar surface area (TPSA) is 87.7 Å². The lowest BCUT2D eigenvalue weighted by Crippen LogP contribution is -2.47. The lowest BCUT2D eigenvalue weighted by molar-refractivity contribution is -0.139. The molecule has 6 nitrogen and oxygen atoms in total. The number of urea groups is 1. The SMILES string of the molecule is CCCCC(NC(=O)NCC1CCOCC1)C(=O)O. The molecule has 0 aromatic heterocycles. The van der Waals surface area contributed by atoms with Crippen molar-refractivity contribution in [2.75, 3.05) is 19.8 Å². The summed E-state index contributed by atoms with van der Waals surface area (Å²) >= 11 is 0. The third kappa shape index (κ3) is 6.42. The number of carbonyl (C=O) groups excluding carboxylic acids is 1. The van der Waals surface area contributed by atoms with Crippen LogP contribution in [0.1, 0.15) is 39.0 Å². The molecule has 1 saturated heterocycles. The minimum absolute atomic E-state index is 0.394. The van der Waals surface area contributed by atoms with Crippen molar-refractivity contribution >= 4 is 12.0 Å². The first-order valence-electron chi connectivity index (χ1n) is 6.98. The van der Waals surface area contributed by atoms with Crippen molar-refractivity contribution in [2.45, 2.75) is 45.1 Å². The molecule has 0 saturated carbocycles. The number of aliphatic carboxylic acids is 1. The summed E-state index contributed by atoms with van der Waals surface area (Å²) in [6.45, 7) is 4.05. The van der Waals surface area contributed by atoms with Crippen molar-refractivity contribution in [3.63, 3.8) is 0 Å². The first-order valence-corrected chi connectivity index (χ1v) is 6.98. The number of nitrogens with one attached hydrogen (secondary N) is 2. The Balaban J connectivity index is 2.25. The third-order valence-corrected chi connectivity index (χ3v) is 3.34. The van der Waals surface area contributed by atoms with Crippen LogP contribution in [-0.4, -0.2) is 42.9 Å². The van der Waals surface area contributed by atoms with E-state index >= 15 is 0 Å². The monoisotopic (exact) mass is 272 g/mol. The summed E-state index contributed by atoms with van der Waals surface area (Å²) in [5, 5.41) is 14.3. The van der Waals surface area contributed by atoms with E-state index in [-0.39, 0.29) is 0 Å². The Morgan fingerprint density at radius 3 is 2.63 bits per heavy atom. The van der Waals surface area contributed by atoms with Gasteiger partial charge < -0.3 is 20.5 Å². The van der Waals surface area contributed by atoms with Crippen LogP contribution in [0, 0.1) is 5.92 Å². The minimum Gasteiger partial charge on any atom is -0.480 e.